The molecule has 1 amide bonds. The van der Waals surface area contributed by atoms with E-state index in [1.807, 2.05) is 37.3 Å². The van der Waals surface area contributed by atoms with Crippen molar-refractivity contribution in [3.8, 4) is 5.69 Å². The SMILES string of the molecule is CCCNCCNC(=O)c1nnn(-c2cccc3ncccc23)c1C.Cl.Cl. The Morgan fingerprint density at radius 1 is 1.11 bits per heavy atom. The summed E-state index contributed by atoms with van der Waals surface area (Å²) in [6.07, 6.45) is 2.83. The van der Waals surface area contributed by atoms with Crippen LogP contribution in [0.5, 0.6) is 0 Å². The van der Waals surface area contributed by atoms with Crippen LogP contribution in [0.3, 0.4) is 0 Å². The van der Waals surface area contributed by atoms with Crippen molar-refractivity contribution in [1.29, 1.82) is 0 Å². The molecular formula is C18H24Cl2N6O. The maximum atomic E-state index is 12.3. The summed E-state index contributed by atoms with van der Waals surface area (Å²) in [6.45, 7) is 6.20. The van der Waals surface area contributed by atoms with Gasteiger partial charge in [0, 0.05) is 24.7 Å². The zero-order valence-corrected chi connectivity index (χ0v) is 16.9. The van der Waals surface area contributed by atoms with Crippen LogP contribution in [0.1, 0.15) is 29.5 Å². The molecule has 0 saturated heterocycles. The van der Waals surface area contributed by atoms with Gasteiger partial charge in [-0.25, -0.2) is 4.68 Å². The number of hydrogen-bond donors (Lipinski definition) is 2. The minimum absolute atomic E-state index is 0. The van der Waals surface area contributed by atoms with Crippen molar-refractivity contribution in [2.75, 3.05) is 19.6 Å². The first-order chi connectivity index (χ1) is 12.2. The third kappa shape index (κ3) is 5.15. The van der Waals surface area contributed by atoms with Crippen molar-refractivity contribution in [2.24, 2.45) is 0 Å². The van der Waals surface area contributed by atoms with Crippen molar-refractivity contribution in [1.82, 2.24) is 30.6 Å². The van der Waals surface area contributed by atoms with E-state index in [0.29, 0.717) is 17.9 Å². The van der Waals surface area contributed by atoms with Gasteiger partial charge in [-0.2, -0.15) is 0 Å². The maximum absolute atomic E-state index is 12.3. The number of nitrogens with zero attached hydrogens (tertiary/aromatic N) is 4. The number of benzene rings is 1. The summed E-state index contributed by atoms with van der Waals surface area (Å²) in [5, 5.41) is 15.3. The molecule has 2 aromatic heterocycles. The smallest absolute Gasteiger partial charge is 0.273 e. The summed E-state index contributed by atoms with van der Waals surface area (Å²) >= 11 is 0. The number of fused-ring (bicyclic) bond motifs is 1. The Bertz CT molecular complexity index is 878. The Morgan fingerprint density at radius 2 is 1.93 bits per heavy atom. The molecule has 3 rings (SSSR count). The molecule has 0 bridgehead atoms. The molecule has 146 valence electrons. The van der Waals surface area contributed by atoms with Crippen LogP contribution in [0.2, 0.25) is 0 Å². The number of halogens is 2. The number of pyridine rings is 1. The number of amides is 1. The summed E-state index contributed by atoms with van der Waals surface area (Å²) in [5.74, 6) is -0.208. The zero-order valence-electron chi connectivity index (χ0n) is 15.3. The third-order valence-corrected chi connectivity index (χ3v) is 3.97. The quantitative estimate of drug-likeness (QED) is 0.584. The molecule has 3 aromatic rings. The van der Waals surface area contributed by atoms with Gasteiger partial charge in [0.2, 0.25) is 0 Å². The van der Waals surface area contributed by atoms with E-state index < -0.39 is 0 Å². The van der Waals surface area contributed by atoms with Gasteiger partial charge in [-0.1, -0.05) is 18.2 Å². The van der Waals surface area contributed by atoms with Gasteiger partial charge in [-0.15, -0.1) is 29.9 Å². The molecule has 1 aromatic carbocycles. The normalized spacial score (nSPS) is 10.1. The van der Waals surface area contributed by atoms with Crippen molar-refractivity contribution >= 4 is 41.6 Å². The molecule has 9 heteroatoms. The molecule has 0 aliphatic rings. The Hall–Kier alpha value is -2.22. The van der Waals surface area contributed by atoms with Crippen LogP contribution >= 0.6 is 24.8 Å². The van der Waals surface area contributed by atoms with E-state index in [0.717, 1.165) is 36.1 Å². The first-order valence-corrected chi connectivity index (χ1v) is 8.47. The molecular weight excluding hydrogens is 387 g/mol. The lowest BCUT2D eigenvalue weighted by Crippen LogP contribution is -2.32. The second kappa shape index (κ2) is 10.8. The highest BCUT2D eigenvalue weighted by molar-refractivity contribution is 5.94. The number of rotatable bonds is 7. The molecule has 0 aliphatic carbocycles. The molecule has 0 fully saturated rings. The van der Waals surface area contributed by atoms with E-state index in [1.165, 1.54) is 0 Å². The van der Waals surface area contributed by atoms with Crippen molar-refractivity contribution in [3.05, 3.63) is 47.9 Å². The minimum atomic E-state index is -0.208. The van der Waals surface area contributed by atoms with E-state index >= 15 is 0 Å². The van der Waals surface area contributed by atoms with Gasteiger partial charge in [0.25, 0.3) is 5.91 Å². The molecule has 0 saturated carbocycles. The number of hydrogen-bond acceptors (Lipinski definition) is 5. The number of carbonyl (C=O) groups excluding carboxylic acids is 1. The summed E-state index contributed by atoms with van der Waals surface area (Å²) in [5.41, 5.74) is 2.79. The zero-order chi connectivity index (χ0) is 17.6. The summed E-state index contributed by atoms with van der Waals surface area (Å²) in [7, 11) is 0. The van der Waals surface area contributed by atoms with Crippen LogP contribution in [-0.4, -0.2) is 45.5 Å². The highest BCUT2D eigenvalue weighted by Crippen LogP contribution is 2.21. The van der Waals surface area contributed by atoms with Gasteiger partial charge in [0.15, 0.2) is 5.69 Å². The van der Waals surface area contributed by atoms with E-state index in [2.05, 4.69) is 32.9 Å². The van der Waals surface area contributed by atoms with Crippen molar-refractivity contribution in [3.63, 3.8) is 0 Å². The van der Waals surface area contributed by atoms with E-state index in [9.17, 15) is 4.79 Å². The van der Waals surface area contributed by atoms with Gasteiger partial charge in [0.05, 0.1) is 16.9 Å². The monoisotopic (exact) mass is 410 g/mol. The standard InChI is InChI=1S/C18H22N6O.2ClH/c1-3-9-19-11-12-21-18(25)17-13(2)24(23-22-17)16-8-4-7-15-14(16)6-5-10-20-15;;/h4-8,10,19H,3,9,11-12H2,1-2H3,(H,21,25);2*1H. The molecule has 7 nitrogen and oxygen atoms in total. The lowest BCUT2D eigenvalue weighted by Gasteiger charge is -2.08. The largest absolute Gasteiger partial charge is 0.349 e. The Labute approximate surface area is 170 Å². The van der Waals surface area contributed by atoms with Gasteiger partial charge in [-0.05, 0) is 44.2 Å². The predicted octanol–water partition coefficient (Wildman–Crippen LogP) is 2.70. The molecule has 27 heavy (non-hydrogen) atoms. The van der Waals surface area contributed by atoms with Crippen molar-refractivity contribution < 1.29 is 4.79 Å². The topological polar surface area (TPSA) is 84.7 Å². The number of carbonyl (C=O) groups is 1. The number of aromatic nitrogens is 4. The fourth-order valence-electron chi connectivity index (χ4n) is 2.69. The van der Waals surface area contributed by atoms with Crippen molar-refractivity contribution in [2.45, 2.75) is 20.3 Å². The molecule has 0 spiro atoms. The van der Waals surface area contributed by atoms with Crippen LogP contribution in [0.25, 0.3) is 16.6 Å². The molecule has 2 heterocycles. The fraction of sp³-hybridized carbons (Fsp3) is 0.333. The molecule has 2 N–H and O–H groups in total. The van der Waals surface area contributed by atoms with Crippen LogP contribution in [-0.2, 0) is 0 Å². The Kier molecular flexibility index (Phi) is 9.14. The van der Waals surface area contributed by atoms with Crippen LogP contribution in [0.15, 0.2) is 36.5 Å². The van der Waals surface area contributed by atoms with Gasteiger partial charge in [0.1, 0.15) is 0 Å². The first-order valence-electron chi connectivity index (χ1n) is 8.47. The van der Waals surface area contributed by atoms with Gasteiger partial charge < -0.3 is 10.6 Å². The highest BCUT2D eigenvalue weighted by atomic mass is 35.5. The van der Waals surface area contributed by atoms with Crippen LogP contribution < -0.4 is 10.6 Å². The second-order valence-corrected chi connectivity index (χ2v) is 5.79. The van der Waals surface area contributed by atoms with Gasteiger partial charge >= 0.3 is 0 Å². The molecule has 0 radical (unpaired) electrons. The van der Waals surface area contributed by atoms with Gasteiger partial charge in [-0.3, -0.25) is 9.78 Å². The fourth-order valence-corrected chi connectivity index (χ4v) is 2.69. The second-order valence-electron chi connectivity index (χ2n) is 5.79. The number of nitrogens with one attached hydrogen (secondary N) is 2. The van der Waals surface area contributed by atoms with E-state index in [-0.39, 0.29) is 30.7 Å². The lowest BCUT2D eigenvalue weighted by atomic mass is 10.2. The minimum Gasteiger partial charge on any atom is -0.349 e. The molecule has 0 aliphatic heterocycles. The summed E-state index contributed by atoms with van der Waals surface area (Å²) in [4.78, 5) is 16.7. The third-order valence-electron chi connectivity index (χ3n) is 3.97. The molecule has 0 atom stereocenters. The average molecular weight is 411 g/mol. The highest BCUT2D eigenvalue weighted by Gasteiger charge is 2.18. The maximum Gasteiger partial charge on any atom is 0.273 e. The first kappa shape index (κ1) is 22.8. The lowest BCUT2D eigenvalue weighted by molar-refractivity contribution is 0.0948. The van der Waals surface area contributed by atoms with E-state index in [1.54, 1.807) is 10.9 Å². The summed E-state index contributed by atoms with van der Waals surface area (Å²) in [6, 6.07) is 9.68. The van der Waals surface area contributed by atoms with E-state index in [4.69, 9.17) is 0 Å². The summed E-state index contributed by atoms with van der Waals surface area (Å²) < 4.78 is 1.69. The Morgan fingerprint density at radius 3 is 2.70 bits per heavy atom. The van der Waals surface area contributed by atoms with Crippen LogP contribution in [0, 0.1) is 6.92 Å². The average Bonchev–Trinajstić information content (AvgIpc) is 3.02. The van der Waals surface area contributed by atoms with Crippen LogP contribution in [0.4, 0.5) is 0 Å². The molecule has 0 unspecified atom stereocenters. The predicted molar refractivity (Wildman–Crippen MR) is 111 cm³/mol. The Balaban J connectivity index is 0.00000182.